The van der Waals surface area contributed by atoms with E-state index in [1.54, 1.807) is 0 Å². The molecule has 1 atom stereocenters. The van der Waals surface area contributed by atoms with Crippen molar-refractivity contribution >= 4 is 0 Å². The van der Waals surface area contributed by atoms with E-state index in [4.69, 9.17) is 14.7 Å². The summed E-state index contributed by atoms with van der Waals surface area (Å²) in [6.07, 6.45) is -1.14. The van der Waals surface area contributed by atoms with Gasteiger partial charge in [0.2, 0.25) is 0 Å². The third-order valence-corrected chi connectivity index (χ3v) is 2.08. The molecule has 1 rings (SSSR count). The molecular formula is C11H12FNO2. The second kappa shape index (κ2) is 4.65. The number of hydrogen-bond acceptors (Lipinski definition) is 3. The fourth-order valence-corrected chi connectivity index (χ4v) is 1.30. The quantitative estimate of drug-likeness (QED) is 0.768. The summed E-state index contributed by atoms with van der Waals surface area (Å²) in [6, 6.07) is 4.94. The Kier molecular flexibility index (Phi) is 3.51. The summed E-state index contributed by atoms with van der Waals surface area (Å²) in [6.45, 7) is 1.41. The molecule has 0 aliphatic rings. The SMILES string of the molecule is COc1cc(C(C)F)cc(C#N)c1OC. The van der Waals surface area contributed by atoms with E-state index in [0.29, 0.717) is 17.1 Å². The number of ether oxygens (including phenoxy) is 2. The average Bonchev–Trinajstić information content (AvgIpc) is 2.26. The Labute approximate surface area is 88.0 Å². The van der Waals surface area contributed by atoms with E-state index in [9.17, 15) is 4.39 Å². The fourth-order valence-electron chi connectivity index (χ4n) is 1.30. The molecule has 0 saturated heterocycles. The molecule has 0 radical (unpaired) electrons. The zero-order valence-electron chi connectivity index (χ0n) is 8.87. The number of benzene rings is 1. The molecule has 0 saturated carbocycles. The third kappa shape index (κ3) is 2.18. The summed E-state index contributed by atoms with van der Waals surface area (Å²) in [5.41, 5.74) is 0.681. The summed E-state index contributed by atoms with van der Waals surface area (Å²) in [7, 11) is 2.89. The molecule has 0 aromatic heterocycles. The van der Waals surface area contributed by atoms with Gasteiger partial charge in [-0.1, -0.05) is 0 Å². The van der Waals surface area contributed by atoms with E-state index in [1.807, 2.05) is 6.07 Å². The van der Waals surface area contributed by atoms with E-state index in [-0.39, 0.29) is 5.56 Å². The predicted octanol–water partition coefficient (Wildman–Crippen LogP) is 2.61. The molecule has 0 amide bonds. The van der Waals surface area contributed by atoms with Gasteiger partial charge in [0.1, 0.15) is 12.2 Å². The first-order valence-electron chi connectivity index (χ1n) is 4.44. The maximum absolute atomic E-state index is 13.1. The van der Waals surface area contributed by atoms with Crippen molar-refractivity contribution in [2.24, 2.45) is 0 Å². The second-order valence-corrected chi connectivity index (χ2v) is 3.03. The van der Waals surface area contributed by atoms with E-state index >= 15 is 0 Å². The van der Waals surface area contributed by atoms with Crippen molar-refractivity contribution in [1.29, 1.82) is 5.26 Å². The molecule has 4 heteroatoms. The van der Waals surface area contributed by atoms with Crippen molar-refractivity contribution in [3.8, 4) is 17.6 Å². The normalized spacial score (nSPS) is 11.7. The molecule has 0 N–H and O–H groups in total. The number of halogens is 1. The van der Waals surface area contributed by atoms with Crippen molar-refractivity contribution in [3.05, 3.63) is 23.3 Å². The van der Waals surface area contributed by atoms with Gasteiger partial charge in [0.25, 0.3) is 0 Å². The summed E-state index contributed by atoms with van der Waals surface area (Å²) in [5, 5.41) is 8.87. The van der Waals surface area contributed by atoms with Gasteiger partial charge in [-0.2, -0.15) is 5.26 Å². The van der Waals surface area contributed by atoms with Crippen molar-refractivity contribution in [1.82, 2.24) is 0 Å². The lowest BCUT2D eigenvalue weighted by Gasteiger charge is -2.11. The number of rotatable bonds is 3. The molecule has 0 fully saturated rings. The van der Waals surface area contributed by atoms with Crippen LogP contribution in [0.1, 0.15) is 24.2 Å². The molecule has 0 bridgehead atoms. The van der Waals surface area contributed by atoms with Gasteiger partial charge in [-0.05, 0) is 24.6 Å². The Hall–Kier alpha value is -1.76. The van der Waals surface area contributed by atoms with Gasteiger partial charge in [-0.25, -0.2) is 4.39 Å². The Morgan fingerprint density at radius 2 is 2.00 bits per heavy atom. The van der Waals surface area contributed by atoms with E-state index < -0.39 is 6.17 Å². The minimum absolute atomic E-state index is 0.274. The van der Waals surface area contributed by atoms with Gasteiger partial charge in [-0.3, -0.25) is 0 Å². The van der Waals surface area contributed by atoms with Crippen LogP contribution in [0.2, 0.25) is 0 Å². The zero-order valence-corrected chi connectivity index (χ0v) is 8.87. The first-order valence-corrected chi connectivity index (χ1v) is 4.44. The van der Waals surface area contributed by atoms with Crippen LogP contribution in [0.25, 0.3) is 0 Å². The van der Waals surface area contributed by atoms with Crippen molar-refractivity contribution in [3.63, 3.8) is 0 Å². The average molecular weight is 209 g/mol. The van der Waals surface area contributed by atoms with Crippen LogP contribution in [0.4, 0.5) is 4.39 Å². The zero-order chi connectivity index (χ0) is 11.4. The molecule has 1 unspecified atom stereocenters. The van der Waals surface area contributed by atoms with E-state index in [1.165, 1.54) is 33.3 Å². The molecule has 80 valence electrons. The molecule has 0 heterocycles. The molecule has 0 aliphatic carbocycles. The number of alkyl halides is 1. The van der Waals surface area contributed by atoms with Gasteiger partial charge in [0.15, 0.2) is 11.5 Å². The smallest absolute Gasteiger partial charge is 0.178 e. The molecule has 0 spiro atoms. The van der Waals surface area contributed by atoms with Crippen LogP contribution in [-0.4, -0.2) is 14.2 Å². The van der Waals surface area contributed by atoms with Crippen molar-refractivity contribution < 1.29 is 13.9 Å². The van der Waals surface area contributed by atoms with Gasteiger partial charge < -0.3 is 9.47 Å². The van der Waals surface area contributed by atoms with Crippen LogP contribution in [0.15, 0.2) is 12.1 Å². The number of hydrogen-bond donors (Lipinski definition) is 0. The minimum atomic E-state index is -1.14. The lowest BCUT2D eigenvalue weighted by Crippen LogP contribution is -1.97. The highest BCUT2D eigenvalue weighted by Crippen LogP contribution is 2.34. The fraction of sp³-hybridized carbons (Fsp3) is 0.364. The van der Waals surface area contributed by atoms with Gasteiger partial charge in [0, 0.05) is 0 Å². The lowest BCUT2D eigenvalue weighted by atomic mass is 10.1. The highest BCUT2D eigenvalue weighted by molar-refractivity contribution is 5.55. The van der Waals surface area contributed by atoms with Crippen LogP contribution in [-0.2, 0) is 0 Å². The Bertz CT molecular complexity index is 396. The van der Waals surface area contributed by atoms with Gasteiger partial charge in [0.05, 0.1) is 19.8 Å². The molecule has 1 aromatic carbocycles. The summed E-state index contributed by atoms with van der Waals surface area (Å²) < 4.78 is 23.1. The minimum Gasteiger partial charge on any atom is -0.493 e. The number of nitrogens with zero attached hydrogens (tertiary/aromatic N) is 1. The molecule has 0 aliphatic heterocycles. The monoisotopic (exact) mass is 209 g/mol. The maximum atomic E-state index is 13.1. The first kappa shape index (κ1) is 11.3. The number of nitriles is 1. The maximum Gasteiger partial charge on any atom is 0.178 e. The highest BCUT2D eigenvalue weighted by Gasteiger charge is 2.14. The van der Waals surface area contributed by atoms with Crippen LogP contribution >= 0.6 is 0 Å². The summed E-state index contributed by atoms with van der Waals surface area (Å²) in [5.74, 6) is 0.709. The van der Waals surface area contributed by atoms with E-state index in [0.717, 1.165) is 0 Å². The van der Waals surface area contributed by atoms with Gasteiger partial charge >= 0.3 is 0 Å². The molecule has 15 heavy (non-hydrogen) atoms. The Morgan fingerprint density at radius 1 is 1.33 bits per heavy atom. The topological polar surface area (TPSA) is 42.2 Å². The van der Waals surface area contributed by atoms with Gasteiger partial charge in [-0.15, -0.1) is 0 Å². The molecule has 3 nitrogen and oxygen atoms in total. The Morgan fingerprint density at radius 3 is 2.40 bits per heavy atom. The highest BCUT2D eigenvalue weighted by atomic mass is 19.1. The number of methoxy groups -OCH3 is 2. The van der Waals surface area contributed by atoms with Crippen LogP contribution < -0.4 is 9.47 Å². The van der Waals surface area contributed by atoms with Crippen molar-refractivity contribution in [2.75, 3.05) is 14.2 Å². The summed E-state index contributed by atoms with van der Waals surface area (Å²) >= 11 is 0. The lowest BCUT2D eigenvalue weighted by molar-refractivity contribution is 0.346. The first-order chi connectivity index (χ1) is 7.13. The van der Waals surface area contributed by atoms with Crippen LogP contribution in [0, 0.1) is 11.3 Å². The van der Waals surface area contributed by atoms with Crippen LogP contribution in [0.5, 0.6) is 11.5 Å². The standard InChI is InChI=1S/C11H12FNO2/c1-7(12)8-4-9(6-13)11(15-3)10(5-8)14-2/h4-5,7H,1-3H3. The van der Waals surface area contributed by atoms with Crippen LogP contribution in [0.3, 0.4) is 0 Å². The van der Waals surface area contributed by atoms with E-state index in [2.05, 4.69) is 0 Å². The summed E-state index contributed by atoms with van der Waals surface area (Å²) in [4.78, 5) is 0. The second-order valence-electron chi connectivity index (χ2n) is 3.03. The molecule has 1 aromatic rings. The largest absolute Gasteiger partial charge is 0.493 e. The van der Waals surface area contributed by atoms with Crippen molar-refractivity contribution in [2.45, 2.75) is 13.1 Å². The Balaban J connectivity index is 3.37. The predicted molar refractivity (Wildman–Crippen MR) is 53.8 cm³/mol. The molecular weight excluding hydrogens is 197 g/mol. The third-order valence-electron chi connectivity index (χ3n) is 2.08.